The number of unbranched alkanes of at least 4 members (excludes halogenated alkanes) is 45. The molecule has 0 unspecified atom stereocenters. The van der Waals surface area contributed by atoms with Gasteiger partial charge in [0.15, 0.2) is 11.5 Å². The molecule has 0 atom stereocenters. The van der Waals surface area contributed by atoms with Gasteiger partial charge in [0.05, 0.1) is 19.8 Å². The standard InChI is InChI=1S/C61H117NO3/c1-4-7-10-13-16-19-22-25-28-31-34-37-40-43-46-49-52-63-59-55-58(57-62)56-60(64-53-50-47-44-41-38-35-32-29-26-23-20-17-14-11-8-5-2)61(59)65-54-51-48-45-42-39-36-33-30-27-24-21-18-15-12-9-6-3/h55-56H,4-54,57,62H2,1-3H3. The van der Waals surface area contributed by atoms with Crippen LogP contribution in [0.2, 0.25) is 0 Å². The summed E-state index contributed by atoms with van der Waals surface area (Å²) in [5.74, 6) is 2.45. The molecule has 0 bridgehead atoms. The van der Waals surface area contributed by atoms with Crippen molar-refractivity contribution in [3.8, 4) is 17.2 Å². The average molecular weight is 913 g/mol. The molecular formula is C61H117NO3. The Bertz CT molecular complexity index is 1000. The number of rotatable bonds is 55. The van der Waals surface area contributed by atoms with E-state index in [9.17, 15) is 0 Å². The second kappa shape index (κ2) is 52.0. The largest absolute Gasteiger partial charge is 0.490 e. The average Bonchev–Trinajstić information content (AvgIpc) is 3.32. The molecule has 65 heavy (non-hydrogen) atoms. The maximum absolute atomic E-state index is 6.56. The van der Waals surface area contributed by atoms with Gasteiger partial charge in [-0.3, -0.25) is 0 Å². The summed E-state index contributed by atoms with van der Waals surface area (Å²) >= 11 is 0. The number of hydrogen-bond donors (Lipinski definition) is 1. The van der Waals surface area contributed by atoms with Crippen LogP contribution >= 0.6 is 0 Å². The molecule has 0 amide bonds. The van der Waals surface area contributed by atoms with Crippen LogP contribution in [0.5, 0.6) is 17.2 Å². The molecule has 0 aliphatic rings. The molecule has 384 valence electrons. The molecule has 0 aliphatic carbocycles. The first-order chi connectivity index (χ1) is 32.3. The molecule has 0 aliphatic heterocycles. The van der Waals surface area contributed by atoms with Crippen LogP contribution in [0.4, 0.5) is 0 Å². The smallest absolute Gasteiger partial charge is 0.203 e. The van der Waals surface area contributed by atoms with Gasteiger partial charge in [-0.25, -0.2) is 0 Å². The third-order valence-corrected chi connectivity index (χ3v) is 14.1. The highest BCUT2D eigenvalue weighted by atomic mass is 16.5. The topological polar surface area (TPSA) is 53.7 Å². The Morgan fingerprint density at radius 1 is 0.262 bits per heavy atom. The van der Waals surface area contributed by atoms with Crippen molar-refractivity contribution < 1.29 is 14.2 Å². The molecule has 4 nitrogen and oxygen atoms in total. The highest BCUT2D eigenvalue weighted by Gasteiger charge is 2.16. The van der Waals surface area contributed by atoms with Crippen LogP contribution < -0.4 is 19.9 Å². The fourth-order valence-corrected chi connectivity index (χ4v) is 9.59. The Kier molecular flexibility index (Phi) is 49.2. The predicted octanol–water partition coefficient (Wildman–Crippen LogP) is 21.1. The summed E-state index contributed by atoms with van der Waals surface area (Å²) in [6.45, 7) is 9.55. The number of ether oxygens (including phenoxy) is 3. The van der Waals surface area contributed by atoms with Gasteiger partial charge in [0.2, 0.25) is 5.75 Å². The summed E-state index contributed by atoms with van der Waals surface area (Å²) in [6, 6.07) is 4.22. The zero-order valence-electron chi connectivity index (χ0n) is 44.7. The summed E-state index contributed by atoms with van der Waals surface area (Å²) in [5, 5.41) is 0. The van der Waals surface area contributed by atoms with E-state index >= 15 is 0 Å². The first-order valence-corrected chi connectivity index (χ1v) is 30.0. The van der Waals surface area contributed by atoms with E-state index in [0.29, 0.717) is 13.2 Å². The van der Waals surface area contributed by atoms with Gasteiger partial charge in [-0.1, -0.05) is 310 Å². The van der Waals surface area contributed by atoms with E-state index in [1.807, 2.05) is 0 Å². The second-order valence-electron chi connectivity index (χ2n) is 20.6. The quantitative estimate of drug-likeness (QED) is 0.0662. The van der Waals surface area contributed by atoms with Gasteiger partial charge >= 0.3 is 0 Å². The molecule has 0 aromatic heterocycles. The van der Waals surface area contributed by atoms with Gasteiger partial charge in [-0.05, 0) is 37.0 Å². The minimum atomic E-state index is 0.476. The lowest BCUT2D eigenvalue weighted by Crippen LogP contribution is -2.08. The lowest BCUT2D eigenvalue weighted by Gasteiger charge is -2.19. The van der Waals surface area contributed by atoms with E-state index in [1.165, 1.54) is 289 Å². The molecule has 0 saturated heterocycles. The van der Waals surface area contributed by atoms with Crippen molar-refractivity contribution in [1.82, 2.24) is 0 Å². The predicted molar refractivity (Wildman–Crippen MR) is 289 cm³/mol. The molecule has 1 rings (SSSR count). The van der Waals surface area contributed by atoms with E-state index in [2.05, 4.69) is 32.9 Å². The summed E-state index contributed by atoms with van der Waals surface area (Å²) in [6.07, 6.45) is 66.1. The molecule has 0 spiro atoms. The Hall–Kier alpha value is -1.42. The molecular weight excluding hydrogens is 795 g/mol. The SMILES string of the molecule is CCCCCCCCCCCCCCCCCCOc1cc(CN)cc(OCCCCCCCCCCCCCCCCCC)c1OCCCCCCCCCCCCCCCCCC. The van der Waals surface area contributed by atoms with E-state index in [1.54, 1.807) is 0 Å². The Morgan fingerprint density at radius 3 is 0.646 bits per heavy atom. The lowest BCUT2D eigenvalue weighted by molar-refractivity contribution is 0.234. The van der Waals surface area contributed by atoms with Crippen LogP contribution in [0, 0.1) is 0 Å². The first kappa shape index (κ1) is 61.6. The normalized spacial score (nSPS) is 11.5. The Morgan fingerprint density at radius 2 is 0.446 bits per heavy atom. The summed E-state index contributed by atoms with van der Waals surface area (Å²) in [4.78, 5) is 0. The maximum Gasteiger partial charge on any atom is 0.203 e. The highest BCUT2D eigenvalue weighted by Crippen LogP contribution is 2.39. The van der Waals surface area contributed by atoms with Crippen LogP contribution in [0.3, 0.4) is 0 Å². The summed E-state index contributed by atoms with van der Waals surface area (Å²) in [5.41, 5.74) is 7.28. The van der Waals surface area contributed by atoms with Crippen molar-refractivity contribution in [3.63, 3.8) is 0 Å². The molecule has 2 N–H and O–H groups in total. The summed E-state index contributed by atoms with van der Waals surface area (Å²) in [7, 11) is 0. The van der Waals surface area contributed by atoms with Crippen LogP contribution in [0.1, 0.15) is 335 Å². The van der Waals surface area contributed by atoms with Gasteiger partial charge in [0.25, 0.3) is 0 Å². The number of hydrogen-bond acceptors (Lipinski definition) is 4. The van der Waals surface area contributed by atoms with Gasteiger partial charge < -0.3 is 19.9 Å². The van der Waals surface area contributed by atoms with Gasteiger partial charge in [0, 0.05) is 6.54 Å². The van der Waals surface area contributed by atoms with E-state index in [4.69, 9.17) is 19.9 Å². The van der Waals surface area contributed by atoms with Gasteiger partial charge in [0.1, 0.15) is 0 Å². The Balaban J connectivity index is 2.40. The Labute approximate surface area is 408 Å². The minimum absolute atomic E-state index is 0.476. The van der Waals surface area contributed by atoms with Crippen LogP contribution in [-0.2, 0) is 6.54 Å². The van der Waals surface area contributed by atoms with Crippen molar-refractivity contribution in [3.05, 3.63) is 17.7 Å². The fourth-order valence-electron chi connectivity index (χ4n) is 9.59. The molecule has 4 heteroatoms. The first-order valence-electron chi connectivity index (χ1n) is 30.0. The molecule has 1 aromatic rings. The van der Waals surface area contributed by atoms with Crippen molar-refractivity contribution in [2.75, 3.05) is 19.8 Å². The number of benzene rings is 1. The summed E-state index contributed by atoms with van der Waals surface area (Å²) < 4.78 is 19.6. The van der Waals surface area contributed by atoms with Crippen molar-refractivity contribution >= 4 is 0 Å². The van der Waals surface area contributed by atoms with E-state index in [0.717, 1.165) is 55.3 Å². The van der Waals surface area contributed by atoms with Crippen LogP contribution in [-0.4, -0.2) is 19.8 Å². The van der Waals surface area contributed by atoms with Crippen molar-refractivity contribution in [1.29, 1.82) is 0 Å². The third kappa shape index (κ3) is 42.4. The van der Waals surface area contributed by atoms with E-state index in [-0.39, 0.29) is 0 Å². The third-order valence-electron chi connectivity index (χ3n) is 14.1. The van der Waals surface area contributed by atoms with Crippen LogP contribution in [0.15, 0.2) is 12.1 Å². The minimum Gasteiger partial charge on any atom is -0.490 e. The fraction of sp³-hybridized carbons (Fsp3) is 0.902. The molecule has 0 radical (unpaired) electrons. The highest BCUT2D eigenvalue weighted by molar-refractivity contribution is 5.54. The molecule has 1 aromatic carbocycles. The maximum atomic E-state index is 6.56. The van der Waals surface area contributed by atoms with Gasteiger partial charge in [-0.2, -0.15) is 0 Å². The monoisotopic (exact) mass is 912 g/mol. The van der Waals surface area contributed by atoms with E-state index < -0.39 is 0 Å². The molecule has 0 heterocycles. The molecule has 0 saturated carbocycles. The lowest BCUT2D eigenvalue weighted by atomic mass is 10.0. The van der Waals surface area contributed by atoms with Gasteiger partial charge in [-0.15, -0.1) is 0 Å². The van der Waals surface area contributed by atoms with Crippen molar-refractivity contribution in [2.45, 2.75) is 336 Å². The second-order valence-corrected chi connectivity index (χ2v) is 20.6. The zero-order valence-corrected chi connectivity index (χ0v) is 44.7. The zero-order chi connectivity index (χ0) is 46.6. The number of nitrogens with two attached hydrogens (primary N) is 1. The van der Waals surface area contributed by atoms with Crippen LogP contribution in [0.25, 0.3) is 0 Å². The van der Waals surface area contributed by atoms with Crippen molar-refractivity contribution in [2.24, 2.45) is 5.73 Å². The molecule has 0 fully saturated rings.